The van der Waals surface area contributed by atoms with Crippen molar-refractivity contribution in [2.75, 3.05) is 13.1 Å². The molecule has 0 aromatic heterocycles. The Hall–Kier alpha value is -0.570. The van der Waals surface area contributed by atoms with E-state index < -0.39 is 0 Å². The molecule has 0 spiro atoms. The molecule has 1 rings (SSSR count). The molecule has 0 radical (unpaired) electrons. The van der Waals surface area contributed by atoms with E-state index in [1.807, 2.05) is 6.92 Å². The Bertz CT molecular complexity index is 206. The number of carbonyl (C=O) groups excluding carboxylic acids is 2. The number of carbonyl (C=O) groups is 2. The molecule has 1 heterocycles. The lowest BCUT2D eigenvalue weighted by atomic mass is 10.0. The first-order valence-corrected chi connectivity index (χ1v) is 4.39. The maximum atomic E-state index is 11.2. The molecule has 0 N–H and O–H groups in total. The molecule has 0 bridgehead atoms. The largest absolute Gasteiger partial charge is 0.342 e. The third-order valence-electron chi connectivity index (χ3n) is 2.46. The van der Waals surface area contributed by atoms with Crippen LogP contribution in [-0.4, -0.2) is 29.7 Å². The molecule has 3 nitrogen and oxygen atoms in total. The molecule has 1 saturated heterocycles. The summed E-state index contributed by atoms with van der Waals surface area (Å²) in [5.74, 6) is 0.505. The summed E-state index contributed by atoms with van der Waals surface area (Å²) < 4.78 is 0. The van der Waals surface area contributed by atoms with Crippen molar-refractivity contribution in [2.45, 2.75) is 26.7 Å². The Balaban J connectivity index is 0.00000144. The second-order valence-electron chi connectivity index (χ2n) is 3.41. The molecule has 0 saturated carbocycles. The highest BCUT2D eigenvalue weighted by Gasteiger charge is 2.21. The number of hydrogen-bond acceptors (Lipinski definition) is 2. The van der Waals surface area contributed by atoms with Gasteiger partial charge in [0.2, 0.25) is 5.91 Å². The second kappa shape index (κ2) is 5.22. The molecular formula is C9H16ClNO2. The van der Waals surface area contributed by atoms with Crippen molar-refractivity contribution in [3.05, 3.63) is 0 Å². The quantitative estimate of drug-likeness (QED) is 0.597. The molecule has 4 heteroatoms. The van der Waals surface area contributed by atoms with E-state index in [0.717, 1.165) is 13.0 Å². The van der Waals surface area contributed by atoms with Crippen LogP contribution in [-0.2, 0) is 9.59 Å². The minimum atomic E-state index is 0. The van der Waals surface area contributed by atoms with Crippen molar-refractivity contribution in [1.29, 1.82) is 0 Å². The molecule has 0 aromatic carbocycles. The monoisotopic (exact) mass is 205 g/mol. The highest BCUT2D eigenvalue weighted by molar-refractivity contribution is 5.85. The maximum Gasteiger partial charge on any atom is 0.219 e. The van der Waals surface area contributed by atoms with Crippen LogP contribution < -0.4 is 0 Å². The molecule has 13 heavy (non-hydrogen) atoms. The fourth-order valence-corrected chi connectivity index (χ4v) is 1.43. The minimum Gasteiger partial charge on any atom is -0.342 e. The minimum absolute atomic E-state index is 0. The summed E-state index contributed by atoms with van der Waals surface area (Å²) >= 11 is 0. The van der Waals surface area contributed by atoms with E-state index in [0.29, 0.717) is 18.7 Å². The van der Waals surface area contributed by atoms with Gasteiger partial charge in [0, 0.05) is 32.4 Å². The van der Waals surface area contributed by atoms with Crippen LogP contribution >= 0.6 is 12.4 Å². The first-order chi connectivity index (χ1) is 5.61. The highest BCUT2D eigenvalue weighted by atomic mass is 35.5. The van der Waals surface area contributed by atoms with E-state index in [-0.39, 0.29) is 24.2 Å². The van der Waals surface area contributed by atoms with Gasteiger partial charge < -0.3 is 4.90 Å². The van der Waals surface area contributed by atoms with Gasteiger partial charge >= 0.3 is 0 Å². The zero-order chi connectivity index (χ0) is 9.14. The van der Waals surface area contributed by atoms with Gasteiger partial charge in [0.05, 0.1) is 0 Å². The van der Waals surface area contributed by atoms with E-state index in [2.05, 4.69) is 0 Å². The van der Waals surface area contributed by atoms with Crippen LogP contribution in [0.5, 0.6) is 0 Å². The van der Waals surface area contributed by atoms with Crippen molar-refractivity contribution < 1.29 is 9.59 Å². The predicted molar refractivity (Wildman–Crippen MR) is 52.9 cm³/mol. The van der Waals surface area contributed by atoms with Gasteiger partial charge in [-0.1, -0.05) is 6.92 Å². The van der Waals surface area contributed by atoms with Crippen LogP contribution in [0.2, 0.25) is 0 Å². The molecule has 1 aliphatic rings. The number of rotatable bonds is 0. The van der Waals surface area contributed by atoms with Gasteiger partial charge in [-0.15, -0.1) is 12.4 Å². The number of hydrogen-bond donors (Lipinski definition) is 0. The van der Waals surface area contributed by atoms with Crippen LogP contribution in [0.4, 0.5) is 0 Å². The Kier molecular flexibility index (Phi) is 4.99. The average molecular weight is 206 g/mol. The van der Waals surface area contributed by atoms with Gasteiger partial charge in [-0.25, -0.2) is 0 Å². The van der Waals surface area contributed by atoms with E-state index in [1.54, 1.807) is 11.8 Å². The average Bonchev–Trinajstić information content (AvgIpc) is 2.16. The molecule has 1 aliphatic heterocycles. The standard InChI is InChI=1S/C9H15NO2.ClH/c1-7-3-5-10(8(2)11)6-4-9(7)12;/h7H,3-6H2,1-2H3;1H. The number of halogens is 1. The summed E-state index contributed by atoms with van der Waals surface area (Å²) in [6, 6.07) is 0. The zero-order valence-corrected chi connectivity index (χ0v) is 8.89. The van der Waals surface area contributed by atoms with Gasteiger partial charge in [0.25, 0.3) is 0 Å². The Morgan fingerprint density at radius 3 is 2.62 bits per heavy atom. The molecule has 0 aromatic rings. The normalized spacial score (nSPS) is 23.4. The number of ketones is 1. The first kappa shape index (κ1) is 12.4. The van der Waals surface area contributed by atoms with Crippen LogP contribution in [0.1, 0.15) is 26.7 Å². The third kappa shape index (κ3) is 3.35. The van der Waals surface area contributed by atoms with Crippen LogP contribution in [0, 0.1) is 5.92 Å². The fourth-order valence-electron chi connectivity index (χ4n) is 1.43. The van der Waals surface area contributed by atoms with Crippen molar-refractivity contribution in [3.8, 4) is 0 Å². The van der Waals surface area contributed by atoms with Crippen molar-refractivity contribution in [2.24, 2.45) is 5.92 Å². The van der Waals surface area contributed by atoms with Gasteiger partial charge in [0.15, 0.2) is 0 Å². The third-order valence-corrected chi connectivity index (χ3v) is 2.46. The highest BCUT2D eigenvalue weighted by Crippen LogP contribution is 2.13. The molecule has 1 fully saturated rings. The number of amides is 1. The first-order valence-electron chi connectivity index (χ1n) is 4.39. The fraction of sp³-hybridized carbons (Fsp3) is 0.778. The zero-order valence-electron chi connectivity index (χ0n) is 8.08. The summed E-state index contributed by atoms with van der Waals surface area (Å²) in [6.45, 7) is 4.84. The summed E-state index contributed by atoms with van der Waals surface area (Å²) in [6.07, 6.45) is 1.35. The SMILES string of the molecule is CC(=O)N1CCC(=O)C(C)CC1.Cl. The molecule has 1 unspecified atom stereocenters. The van der Waals surface area contributed by atoms with Crippen LogP contribution in [0.3, 0.4) is 0 Å². The summed E-state index contributed by atoms with van der Waals surface area (Å²) in [7, 11) is 0. The number of Topliss-reactive ketones (excluding diaryl/α,β-unsaturated/α-hetero) is 1. The summed E-state index contributed by atoms with van der Waals surface area (Å²) in [4.78, 5) is 24.0. The predicted octanol–water partition coefficient (Wildman–Crippen LogP) is 1.26. The van der Waals surface area contributed by atoms with Crippen LogP contribution in [0.25, 0.3) is 0 Å². The van der Waals surface area contributed by atoms with Crippen molar-refractivity contribution in [3.63, 3.8) is 0 Å². The van der Waals surface area contributed by atoms with E-state index in [1.165, 1.54) is 0 Å². The van der Waals surface area contributed by atoms with Gasteiger partial charge in [0.1, 0.15) is 5.78 Å². The molecule has 1 atom stereocenters. The Morgan fingerprint density at radius 1 is 1.46 bits per heavy atom. The maximum absolute atomic E-state index is 11.2. The Morgan fingerprint density at radius 2 is 2.08 bits per heavy atom. The lowest BCUT2D eigenvalue weighted by Crippen LogP contribution is -2.29. The second-order valence-corrected chi connectivity index (χ2v) is 3.41. The van der Waals surface area contributed by atoms with E-state index in [4.69, 9.17) is 0 Å². The smallest absolute Gasteiger partial charge is 0.219 e. The van der Waals surface area contributed by atoms with E-state index >= 15 is 0 Å². The van der Waals surface area contributed by atoms with Gasteiger partial charge in [-0.2, -0.15) is 0 Å². The molecule has 1 amide bonds. The lowest BCUT2D eigenvalue weighted by Gasteiger charge is -2.17. The number of likely N-dealkylation sites (tertiary alicyclic amines) is 1. The number of nitrogens with zero attached hydrogens (tertiary/aromatic N) is 1. The van der Waals surface area contributed by atoms with Crippen molar-refractivity contribution in [1.82, 2.24) is 4.90 Å². The molecule has 0 aliphatic carbocycles. The molecule has 76 valence electrons. The van der Waals surface area contributed by atoms with Crippen molar-refractivity contribution >= 4 is 24.1 Å². The Labute approximate surface area is 84.9 Å². The lowest BCUT2D eigenvalue weighted by molar-refractivity contribution is -0.128. The summed E-state index contributed by atoms with van der Waals surface area (Å²) in [5, 5.41) is 0. The summed E-state index contributed by atoms with van der Waals surface area (Å²) in [5.41, 5.74) is 0. The van der Waals surface area contributed by atoms with E-state index in [9.17, 15) is 9.59 Å². The van der Waals surface area contributed by atoms with Crippen LogP contribution in [0.15, 0.2) is 0 Å². The molecular weight excluding hydrogens is 190 g/mol. The topological polar surface area (TPSA) is 37.4 Å². The van der Waals surface area contributed by atoms with Gasteiger partial charge in [-0.3, -0.25) is 9.59 Å². The van der Waals surface area contributed by atoms with Gasteiger partial charge in [-0.05, 0) is 6.42 Å².